The first-order chi connectivity index (χ1) is 15.3. The number of hydrogen-bond donors (Lipinski definition) is 3. The first kappa shape index (κ1) is 23.0. The van der Waals surface area contributed by atoms with Crippen molar-refractivity contribution in [2.45, 2.75) is 57.6 Å². The molecule has 3 aliphatic rings. The number of allylic oxidation sites excluding steroid dienone is 2. The summed E-state index contributed by atoms with van der Waals surface area (Å²) in [6, 6.07) is 5.68. The van der Waals surface area contributed by atoms with Crippen LogP contribution in [0.3, 0.4) is 0 Å². The Kier molecular flexibility index (Phi) is 6.45. The van der Waals surface area contributed by atoms with E-state index in [1.165, 1.54) is 0 Å². The number of fused-ring (bicyclic) bond motifs is 1. The molecule has 1 amide bonds. The monoisotopic (exact) mass is 459 g/mol. The summed E-state index contributed by atoms with van der Waals surface area (Å²) in [6.45, 7) is 6.36. The normalized spacial score (nSPS) is 28.9. The number of amides is 1. The second-order valence-corrected chi connectivity index (χ2v) is 10.7. The largest absolute Gasteiger partial charge is 0.493 e. The summed E-state index contributed by atoms with van der Waals surface area (Å²) in [6.07, 6.45) is 2.03. The number of ether oxygens (including phenoxy) is 2. The van der Waals surface area contributed by atoms with Crippen LogP contribution >= 0.6 is 11.8 Å². The van der Waals surface area contributed by atoms with Crippen LogP contribution in [0.15, 0.2) is 29.5 Å². The lowest BCUT2D eigenvalue weighted by Gasteiger charge is -2.48. The molecule has 4 atom stereocenters. The number of hydrogen-bond acceptors (Lipinski definition) is 7. The maximum absolute atomic E-state index is 13.4. The average molecular weight is 460 g/mol. The molecule has 2 heterocycles. The minimum Gasteiger partial charge on any atom is -0.493 e. The molecular weight excluding hydrogens is 426 g/mol. The Hall–Kier alpha value is -2.19. The van der Waals surface area contributed by atoms with Gasteiger partial charge >= 0.3 is 0 Å². The van der Waals surface area contributed by atoms with Crippen LogP contribution in [0.4, 0.5) is 0 Å². The molecule has 1 aliphatic carbocycles. The number of thioether (sulfide) groups is 1. The lowest BCUT2D eigenvalue weighted by molar-refractivity contribution is -0.130. The van der Waals surface area contributed by atoms with Gasteiger partial charge in [0.05, 0.1) is 26.3 Å². The lowest BCUT2D eigenvalue weighted by Crippen LogP contribution is -2.68. The molecule has 1 saturated heterocycles. The molecule has 1 fully saturated rings. The minimum atomic E-state index is -0.449. The highest BCUT2D eigenvalue weighted by Crippen LogP contribution is 2.48. The second kappa shape index (κ2) is 8.98. The van der Waals surface area contributed by atoms with E-state index in [2.05, 4.69) is 36.7 Å². The summed E-state index contributed by atoms with van der Waals surface area (Å²) >= 11 is 1.69. The van der Waals surface area contributed by atoms with Crippen LogP contribution in [-0.4, -0.2) is 43.3 Å². The van der Waals surface area contributed by atoms with Gasteiger partial charge in [0.1, 0.15) is 5.50 Å². The van der Waals surface area contributed by atoms with Gasteiger partial charge in [-0.25, -0.2) is 0 Å². The quantitative estimate of drug-likeness (QED) is 0.602. The average Bonchev–Trinajstić information content (AvgIpc) is 2.74. The molecule has 0 aromatic heterocycles. The van der Waals surface area contributed by atoms with Gasteiger partial charge in [-0.2, -0.15) is 0 Å². The van der Waals surface area contributed by atoms with Gasteiger partial charge in [0.25, 0.3) is 0 Å². The number of ketones is 1. The van der Waals surface area contributed by atoms with E-state index in [9.17, 15) is 9.59 Å². The van der Waals surface area contributed by atoms with Gasteiger partial charge in [-0.3, -0.25) is 14.9 Å². The third kappa shape index (κ3) is 4.22. The zero-order chi connectivity index (χ0) is 23.0. The van der Waals surface area contributed by atoms with Crippen LogP contribution in [0, 0.1) is 11.3 Å². The fraction of sp³-hybridized carbons (Fsp3) is 0.583. The lowest BCUT2D eigenvalue weighted by atomic mass is 9.66. The first-order valence-electron chi connectivity index (χ1n) is 11.2. The summed E-state index contributed by atoms with van der Waals surface area (Å²) in [4.78, 5) is 26.8. The molecule has 32 heavy (non-hydrogen) atoms. The number of carbonyl (C=O) groups is 2. The van der Waals surface area contributed by atoms with Crippen LogP contribution in [0.25, 0.3) is 0 Å². The number of methoxy groups -OCH3 is 2. The molecule has 0 radical (unpaired) electrons. The first-order valence-corrected chi connectivity index (χ1v) is 12.3. The molecule has 4 unspecified atom stereocenters. The molecule has 2 aliphatic heterocycles. The number of carbonyl (C=O) groups excluding carboxylic acids is 2. The van der Waals surface area contributed by atoms with Crippen LogP contribution < -0.4 is 25.4 Å². The Morgan fingerprint density at radius 1 is 1.09 bits per heavy atom. The van der Waals surface area contributed by atoms with Gasteiger partial charge in [0.2, 0.25) is 5.91 Å². The Balaban J connectivity index is 1.80. The Morgan fingerprint density at radius 3 is 2.53 bits per heavy atom. The predicted octanol–water partition coefficient (Wildman–Crippen LogP) is 3.12. The van der Waals surface area contributed by atoms with E-state index in [4.69, 9.17) is 9.47 Å². The summed E-state index contributed by atoms with van der Waals surface area (Å²) in [7, 11) is 3.19. The zero-order valence-corrected chi connectivity index (χ0v) is 20.2. The van der Waals surface area contributed by atoms with Gasteiger partial charge in [-0.1, -0.05) is 26.8 Å². The van der Waals surface area contributed by atoms with Gasteiger partial charge in [-0.15, -0.1) is 11.8 Å². The summed E-state index contributed by atoms with van der Waals surface area (Å²) in [5, 5.41) is 10.2. The molecule has 0 saturated carbocycles. The molecule has 7 nitrogen and oxygen atoms in total. The van der Waals surface area contributed by atoms with E-state index in [-0.39, 0.29) is 34.7 Å². The Labute approximate surface area is 194 Å². The fourth-order valence-corrected chi connectivity index (χ4v) is 6.01. The van der Waals surface area contributed by atoms with E-state index in [0.717, 1.165) is 35.4 Å². The third-order valence-electron chi connectivity index (χ3n) is 6.44. The van der Waals surface area contributed by atoms with Gasteiger partial charge in [0, 0.05) is 23.6 Å². The molecular formula is C24H33N3O4S. The number of Topliss-reactive ketones (excluding diaryl/α,β-unsaturated/α-hetero) is 1. The second-order valence-electron chi connectivity index (χ2n) is 9.50. The van der Waals surface area contributed by atoms with Crippen LogP contribution in [0.5, 0.6) is 11.5 Å². The highest BCUT2D eigenvalue weighted by molar-refractivity contribution is 7.99. The van der Waals surface area contributed by atoms with E-state index in [0.29, 0.717) is 17.9 Å². The molecule has 4 rings (SSSR count). The maximum Gasteiger partial charge on any atom is 0.229 e. The Morgan fingerprint density at radius 2 is 1.84 bits per heavy atom. The number of nitrogens with one attached hydrogen (secondary N) is 3. The van der Waals surface area contributed by atoms with Crippen LogP contribution in [0.2, 0.25) is 0 Å². The van der Waals surface area contributed by atoms with Crippen molar-refractivity contribution in [1.82, 2.24) is 16.0 Å². The van der Waals surface area contributed by atoms with Gasteiger partial charge < -0.3 is 20.1 Å². The van der Waals surface area contributed by atoms with Crippen molar-refractivity contribution in [3.05, 3.63) is 35.0 Å². The van der Waals surface area contributed by atoms with Crippen molar-refractivity contribution < 1.29 is 19.1 Å². The molecule has 0 spiro atoms. The molecule has 0 bridgehead atoms. The minimum absolute atomic E-state index is 0.0428. The van der Waals surface area contributed by atoms with Crippen molar-refractivity contribution >= 4 is 23.5 Å². The summed E-state index contributed by atoms with van der Waals surface area (Å²) in [5.41, 5.74) is 2.29. The zero-order valence-electron chi connectivity index (χ0n) is 19.4. The van der Waals surface area contributed by atoms with E-state index in [1.54, 1.807) is 26.0 Å². The SMILES string of the molecule is CCCSC1NC(=O)C2C(NC3=C(C(=O)CC(C)(C)C3)C2c2ccc(OC)c(OC)c2)N1. The molecule has 3 N–H and O–H groups in total. The van der Waals surface area contributed by atoms with Crippen LogP contribution in [-0.2, 0) is 9.59 Å². The highest BCUT2D eigenvalue weighted by Gasteiger charge is 2.51. The number of benzene rings is 1. The predicted molar refractivity (Wildman–Crippen MR) is 126 cm³/mol. The molecule has 1 aromatic carbocycles. The fourth-order valence-electron chi connectivity index (χ4n) is 5.10. The summed E-state index contributed by atoms with van der Waals surface area (Å²) < 4.78 is 10.9. The van der Waals surface area contributed by atoms with Crippen molar-refractivity contribution in [3.8, 4) is 11.5 Å². The van der Waals surface area contributed by atoms with Gasteiger partial charge in [-0.05, 0) is 41.7 Å². The maximum atomic E-state index is 13.4. The van der Waals surface area contributed by atoms with Crippen molar-refractivity contribution in [2.75, 3.05) is 20.0 Å². The molecule has 174 valence electrons. The Bertz CT molecular complexity index is 945. The van der Waals surface area contributed by atoms with E-state index in [1.807, 2.05) is 18.2 Å². The van der Waals surface area contributed by atoms with E-state index >= 15 is 0 Å². The van der Waals surface area contributed by atoms with Crippen molar-refractivity contribution in [1.29, 1.82) is 0 Å². The topological polar surface area (TPSA) is 88.7 Å². The van der Waals surface area contributed by atoms with Gasteiger partial charge in [0.15, 0.2) is 17.3 Å². The van der Waals surface area contributed by atoms with Crippen molar-refractivity contribution in [2.24, 2.45) is 11.3 Å². The molecule has 8 heteroatoms. The summed E-state index contributed by atoms with van der Waals surface area (Å²) in [5.74, 6) is 1.42. The standard InChI is InChI=1S/C24H33N3O4S/c1-6-9-32-23-26-21-20(22(29)27-23)18(13-7-8-16(30-4)17(10-13)31-5)19-14(25-21)11-24(2,3)12-15(19)28/h7-8,10,18,20-21,23,25-26H,6,9,11-12H2,1-5H3,(H,27,29). The molecule has 1 aromatic rings. The smallest absolute Gasteiger partial charge is 0.229 e. The third-order valence-corrected chi connectivity index (χ3v) is 7.67. The van der Waals surface area contributed by atoms with Crippen LogP contribution in [0.1, 0.15) is 51.5 Å². The van der Waals surface area contributed by atoms with E-state index < -0.39 is 5.92 Å². The number of rotatable bonds is 6. The highest BCUT2D eigenvalue weighted by atomic mass is 32.2. The van der Waals surface area contributed by atoms with Crippen molar-refractivity contribution in [3.63, 3.8) is 0 Å².